The Bertz CT molecular complexity index is 118. The molecule has 2 heteroatoms. The Kier molecular flexibility index (Phi) is 3.53. The number of hydrogen-bond acceptors (Lipinski definition) is 2. The Labute approximate surface area is 76.1 Å². The fourth-order valence-corrected chi connectivity index (χ4v) is 1.64. The Balaban J connectivity index is 2.40. The summed E-state index contributed by atoms with van der Waals surface area (Å²) in [4.78, 5) is 0. The van der Waals surface area contributed by atoms with Crippen LogP contribution in [0.4, 0.5) is 0 Å². The van der Waals surface area contributed by atoms with Crippen molar-refractivity contribution in [1.29, 1.82) is 0 Å². The smallest absolute Gasteiger partial charge is 0.0218 e. The standard InChI is InChI=1S/C10H22N2/c1-7(2)9-5-11-6-10(12-9)8(3)4/h7-12H,5-6H2,1-4H3. The summed E-state index contributed by atoms with van der Waals surface area (Å²) < 4.78 is 0. The zero-order valence-electron chi connectivity index (χ0n) is 8.72. The van der Waals surface area contributed by atoms with Gasteiger partial charge in [-0.05, 0) is 11.8 Å². The van der Waals surface area contributed by atoms with E-state index in [-0.39, 0.29) is 0 Å². The molecule has 2 N–H and O–H groups in total. The van der Waals surface area contributed by atoms with Crippen LogP contribution in [0, 0.1) is 11.8 Å². The summed E-state index contributed by atoms with van der Waals surface area (Å²) in [5.74, 6) is 1.47. The highest BCUT2D eigenvalue weighted by Crippen LogP contribution is 2.10. The van der Waals surface area contributed by atoms with Gasteiger partial charge >= 0.3 is 0 Å². The molecule has 2 nitrogen and oxygen atoms in total. The van der Waals surface area contributed by atoms with E-state index in [1.807, 2.05) is 0 Å². The Morgan fingerprint density at radius 3 is 1.67 bits per heavy atom. The van der Waals surface area contributed by atoms with E-state index >= 15 is 0 Å². The molecule has 0 radical (unpaired) electrons. The third-order valence-corrected chi connectivity index (χ3v) is 2.77. The van der Waals surface area contributed by atoms with E-state index in [1.165, 1.54) is 0 Å². The van der Waals surface area contributed by atoms with Crippen molar-refractivity contribution in [3.63, 3.8) is 0 Å². The lowest BCUT2D eigenvalue weighted by Crippen LogP contribution is -2.58. The molecule has 0 saturated carbocycles. The van der Waals surface area contributed by atoms with Crippen molar-refractivity contribution >= 4 is 0 Å². The van der Waals surface area contributed by atoms with Crippen LogP contribution in [0.1, 0.15) is 27.7 Å². The van der Waals surface area contributed by atoms with E-state index < -0.39 is 0 Å². The average molecular weight is 170 g/mol. The number of hydrogen-bond donors (Lipinski definition) is 2. The summed E-state index contributed by atoms with van der Waals surface area (Å²) >= 11 is 0. The molecule has 0 spiro atoms. The topological polar surface area (TPSA) is 24.1 Å². The zero-order chi connectivity index (χ0) is 9.14. The summed E-state index contributed by atoms with van der Waals surface area (Å²) in [5, 5.41) is 7.17. The normalized spacial score (nSPS) is 31.5. The van der Waals surface area contributed by atoms with Gasteiger partial charge in [0.25, 0.3) is 0 Å². The molecule has 0 aromatic heterocycles. The first-order valence-corrected chi connectivity index (χ1v) is 5.08. The van der Waals surface area contributed by atoms with Gasteiger partial charge in [-0.2, -0.15) is 0 Å². The van der Waals surface area contributed by atoms with Crippen LogP contribution in [0.15, 0.2) is 0 Å². The molecule has 0 amide bonds. The number of rotatable bonds is 2. The fourth-order valence-electron chi connectivity index (χ4n) is 1.64. The van der Waals surface area contributed by atoms with Crippen molar-refractivity contribution in [3.05, 3.63) is 0 Å². The predicted molar refractivity (Wildman–Crippen MR) is 53.3 cm³/mol. The van der Waals surface area contributed by atoms with Gasteiger partial charge in [0.2, 0.25) is 0 Å². The maximum Gasteiger partial charge on any atom is 0.0218 e. The molecule has 1 aliphatic heterocycles. The van der Waals surface area contributed by atoms with Crippen LogP contribution in [0.2, 0.25) is 0 Å². The van der Waals surface area contributed by atoms with Gasteiger partial charge in [-0.25, -0.2) is 0 Å². The van der Waals surface area contributed by atoms with E-state index in [0.717, 1.165) is 24.9 Å². The van der Waals surface area contributed by atoms with Gasteiger partial charge in [0.05, 0.1) is 0 Å². The predicted octanol–water partition coefficient (Wildman–Crippen LogP) is 1.23. The maximum absolute atomic E-state index is 3.69. The zero-order valence-corrected chi connectivity index (χ0v) is 8.72. The van der Waals surface area contributed by atoms with E-state index in [9.17, 15) is 0 Å². The van der Waals surface area contributed by atoms with Crippen LogP contribution < -0.4 is 10.6 Å². The molecule has 0 aliphatic carbocycles. The Morgan fingerprint density at radius 2 is 1.33 bits per heavy atom. The largest absolute Gasteiger partial charge is 0.314 e. The summed E-state index contributed by atoms with van der Waals surface area (Å²) in [5.41, 5.74) is 0. The molecule has 1 fully saturated rings. The average Bonchev–Trinajstić information content (AvgIpc) is 2.04. The van der Waals surface area contributed by atoms with Crippen molar-refractivity contribution in [2.45, 2.75) is 39.8 Å². The summed E-state index contributed by atoms with van der Waals surface area (Å²) in [7, 11) is 0. The lowest BCUT2D eigenvalue weighted by Gasteiger charge is -2.36. The highest BCUT2D eigenvalue weighted by atomic mass is 15.1. The number of piperazine rings is 1. The SMILES string of the molecule is CC(C)C1CNCC(C(C)C)N1. The van der Waals surface area contributed by atoms with Crippen LogP contribution in [-0.2, 0) is 0 Å². The second-order valence-electron chi connectivity index (χ2n) is 4.53. The molecule has 1 rings (SSSR count). The first-order chi connectivity index (χ1) is 5.61. The third kappa shape index (κ3) is 2.46. The van der Waals surface area contributed by atoms with E-state index in [4.69, 9.17) is 0 Å². The summed E-state index contributed by atoms with van der Waals surface area (Å²) in [6.07, 6.45) is 0. The molecule has 2 unspecified atom stereocenters. The molecular formula is C10H22N2. The van der Waals surface area contributed by atoms with Crippen molar-refractivity contribution in [2.75, 3.05) is 13.1 Å². The van der Waals surface area contributed by atoms with E-state index in [1.54, 1.807) is 0 Å². The maximum atomic E-state index is 3.69. The lowest BCUT2D eigenvalue weighted by molar-refractivity contribution is 0.247. The van der Waals surface area contributed by atoms with Gasteiger partial charge in [-0.3, -0.25) is 0 Å². The van der Waals surface area contributed by atoms with Crippen molar-refractivity contribution in [2.24, 2.45) is 11.8 Å². The molecule has 1 saturated heterocycles. The van der Waals surface area contributed by atoms with Gasteiger partial charge in [-0.1, -0.05) is 27.7 Å². The Morgan fingerprint density at radius 1 is 0.917 bits per heavy atom. The fraction of sp³-hybridized carbons (Fsp3) is 1.00. The molecule has 0 aromatic carbocycles. The second-order valence-corrected chi connectivity index (χ2v) is 4.53. The molecule has 12 heavy (non-hydrogen) atoms. The van der Waals surface area contributed by atoms with Crippen molar-refractivity contribution in [3.8, 4) is 0 Å². The van der Waals surface area contributed by atoms with Crippen LogP contribution in [0.25, 0.3) is 0 Å². The quantitative estimate of drug-likeness (QED) is 0.651. The summed E-state index contributed by atoms with van der Waals surface area (Å²) in [6.45, 7) is 11.4. The van der Waals surface area contributed by atoms with E-state index in [2.05, 4.69) is 38.3 Å². The van der Waals surface area contributed by atoms with Crippen molar-refractivity contribution < 1.29 is 0 Å². The van der Waals surface area contributed by atoms with Gasteiger partial charge in [0.15, 0.2) is 0 Å². The minimum absolute atomic E-state index is 0.658. The first-order valence-electron chi connectivity index (χ1n) is 5.08. The molecule has 0 bridgehead atoms. The molecular weight excluding hydrogens is 148 g/mol. The van der Waals surface area contributed by atoms with Crippen LogP contribution in [0.3, 0.4) is 0 Å². The molecule has 1 heterocycles. The highest BCUT2D eigenvalue weighted by Gasteiger charge is 2.24. The van der Waals surface area contributed by atoms with Crippen LogP contribution in [-0.4, -0.2) is 25.2 Å². The van der Waals surface area contributed by atoms with Gasteiger partial charge in [0, 0.05) is 25.2 Å². The molecule has 1 aliphatic rings. The van der Waals surface area contributed by atoms with Crippen LogP contribution >= 0.6 is 0 Å². The van der Waals surface area contributed by atoms with Crippen molar-refractivity contribution in [1.82, 2.24) is 10.6 Å². The van der Waals surface area contributed by atoms with Gasteiger partial charge in [0.1, 0.15) is 0 Å². The monoisotopic (exact) mass is 170 g/mol. The highest BCUT2D eigenvalue weighted by molar-refractivity contribution is 4.86. The minimum Gasteiger partial charge on any atom is -0.314 e. The first kappa shape index (κ1) is 10.0. The minimum atomic E-state index is 0.658. The second kappa shape index (κ2) is 4.24. The number of nitrogens with one attached hydrogen (secondary N) is 2. The molecule has 0 aromatic rings. The van der Waals surface area contributed by atoms with E-state index in [0.29, 0.717) is 12.1 Å². The summed E-state index contributed by atoms with van der Waals surface area (Å²) in [6, 6.07) is 1.32. The third-order valence-electron chi connectivity index (χ3n) is 2.77. The Hall–Kier alpha value is -0.0800. The molecule has 72 valence electrons. The van der Waals surface area contributed by atoms with Crippen LogP contribution in [0.5, 0.6) is 0 Å². The van der Waals surface area contributed by atoms with Gasteiger partial charge in [-0.15, -0.1) is 0 Å². The lowest BCUT2D eigenvalue weighted by atomic mass is 9.96. The molecule has 2 atom stereocenters. The van der Waals surface area contributed by atoms with Gasteiger partial charge < -0.3 is 10.6 Å².